The van der Waals surface area contributed by atoms with Crippen molar-refractivity contribution in [3.05, 3.63) is 36.4 Å². The second-order valence-corrected chi connectivity index (χ2v) is 9.22. The molecule has 0 radical (unpaired) electrons. The molecule has 2 N–H and O–H groups in total. The molecule has 3 aromatic rings. The van der Waals surface area contributed by atoms with E-state index in [2.05, 4.69) is 20.5 Å². The summed E-state index contributed by atoms with van der Waals surface area (Å²) in [5.41, 5.74) is 1.17. The number of rotatable bonds is 8. The maximum absolute atomic E-state index is 14.0. The number of morpholine rings is 1. The second-order valence-electron chi connectivity index (χ2n) is 9.22. The average molecular weight is 508 g/mol. The van der Waals surface area contributed by atoms with Gasteiger partial charge in [0.25, 0.3) is 0 Å². The van der Waals surface area contributed by atoms with E-state index in [-0.39, 0.29) is 24.2 Å². The Morgan fingerprint density at radius 1 is 1.22 bits per heavy atom. The highest BCUT2D eigenvalue weighted by Crippen LogP contribution is 2.24. The zero-order chi connectivity index (χ0) is 25.6. The van der Waals surface area contributed by atoms with Gasteiger partial charge in [0.2, 0.25) is 5.91 Å². The van der Waals surface area contributed by atoms with E-state index in [0.717, 1.165) is 45.7 Å². The molecule has 0 aromatic carbocycles. The van der Waals surface area contributed by atoms with Crippen LogP contribution in [-0.2, 0) is 9.53 Å². The van der Waals surface area contributed by atoms with Crippen LogP contribution >= 0.6 is 0 Å². The number of likely N-dealkylation sites (tertiary alicyclic amines) is 1. The van der Waals surface area contributed by atoms with Crippen molar-refractivity contribution in [3.63, 3.8) is 0 Å². The number of aromatic nitrogens is 4. The molecule has 0 saturated carbocycles. The highest BCUT2D eigenvalue weighted by Gasteiger charge is 2.24. The van der Waals surface area contributed by atoms with Gasteiger partial charge in [-0.15, -0.1) is 0 Å². The van der Waals surface area contributed by atoms with Gasteiger partial charge < -0.3 is 20.3 Å². The summed E-state index contributed by atoms with van der Waals surface area (Å²) in [6.45, 7) is 5.98. The van der Waals surface area contributed by atoms with Crippen molar-refractivity contribution >= 4 is 23.2 Å². The molecule has 2 aliphatic heterocycles. The van der Waals surface area contributed by atoms with Gasteiger partial charge in [0.15, 0.2) is 5.82 Å². The van der Waals surface area contributed by atoms with Crippen molar-refractivity contribution in [2.75, 3.05) is 63.1 Å². The van der Waals surface area contributed by atoms with Gasteiger partial charge >= 0.3 is 0 Å². The molecule has 2 aliphatic rings. The molecule has 1 unspecified atom stereocenters. The number of carbonyl (C=O) groups excluding carboxylic acids is 1. The fraction of sp³-hybridized carbons (Fsp3) is 0.480. The number of nitrogens with one attached hydrogen (secondary N) is 2. The van der Waals surface area contributed by atoms with Crippen LogP contribution in [0.15, 0.2) is 30.6 Å². The van der Waals surface area contributed by atoms with Crippen LogP contribution < -0.4 is 10.6 Å². The maximum atomic E-state index is 14.0. The fourth-order valence-corrected chi connectivity index (χ4v) is 4.72. The van der Waals surface area contributed by atoms with Crippen LogP contribution in [0, 0.1) is 17.1 Å². The Morgan fingerprint density at radius 3 is 2.89 bits per heavy atom. The molecule has 37 heavy (non-hydrogen) atoms. The third-order valence-electron chi connectivity index (χ3n) is 6.62. The normalized spacial score (nSPS) is 18.5. The van der Waals surface area contributed by atoms with E-state index in [4.69, 9.17) is 20.0 Å². The molecule has 3 aromatic heterocycles. The van der Waals surface area contributed by atoms with E-state index in [1.165, 1.54) is 12.3 Å². The highest BCUT2D eigenvalue weighted by molar-refractivity contribution is 5.78. The number of amides is 1. The first-order chi connectivity index (χ1) is 18.1. The third kappa shape index (κ3) is 6.12. The third-order valence-corrected chi connectivity index (χ3v) is 6.62. The average Bonchev–Trinajstić information content (AvgIpc) is 3.33. The molecular formula is C25H30FN9O2. The SMILES string of the molecule is N#CCC(=O)N1CCCC(Nc2cc(NCCN3CCOCC3)nc(-c3cnc4ccc(F)cn34)n2)C1. The van der Waals surface area contributed by atoms with Gasteiger partial charge in [-0.2, -0.15) is 5.26 Å². The van der Waals surface area contributed by atoms with Crippen molar-refractivity contribution in [1.29, 1.82) is 5.26 Å². The van der Waals surface area contributed by atoms with E-state index in [1.807, 2.05) is 12.1 Å². The number of piperidine rings is 1. The lowest BCUT2D eigenvalue weighted by atomic mass is 10.1. The van der Waals surface area contributed by atoms with Gasteiger partial charge in [-0.25, -0.2) is 19.3 Å². The summed E-state index contributed by atoms with van der Waals surface area (Å²) < 4.78 is 21.1. The minimum Gasteiger partial charge on any atom is -0.379 e. The van der Waals surface area contributed by atoms with Crippen LogP contribution in [0.3, 0.4) is 0 Å². The van der Waals surface area contributed by atoms with Crippen molar-refractivity contribution in [2.45, 2.75) is 25.3 Å². The number of carbonyl (C=O) groups is 1. The molecule has 5 rings (SSSR count). The van der Waals surface area contributed by atoms with Crippen molar-refractivity contribution in [1.82, 2.24) is 29.2 Å². The van der Waals surface area contributed by atoms with E-state index in [9.17, 15) is 9.18 Å². The molecule has 2 fully saturated rings. The van der Waals surface area contributed by atoms with E-state index in [1.54, 1.807) is 21.6 Å². The van der Waals surface area contributed by atoms with Crippen molar-refractivity contribution in [3.8, 4) is 17.6 Å². The summed E-state index contributed by atoms with van der Waals surface area (Å²) in [7, 11) is 0. The first-order valence-corrected chi connectivity index (χ1v) is 12.6. The van der Waals surface area contributed by atoms with Crippen LogP contribution in [0.1, 0.15) is 19.3 Å². The Morgan fingerprint density at radius 2 is 2.05 bits per heavy atom. The molecule has 5 heterocycles. The molecule has 1 amide bonds. The number of imidazole rings is 1. The van der Waals surface area contributed by atoms with Gasteiger partial charge in [0.05, 0.1) is 25.5 Å². The molecule has 1 atom stereocenters. The topological polar surface area (TPSA) is 124 Å². The van der Waals surface area contributed by atoms with Crippen LogP contribution in [0.25, 0.3) is 17.2 Å². The molecule has 0 bridgehead atoms. The van der Waals surface area contributed by atoms with Gasteiger partial charge in [-0.1, -0.05) is 0 Å². The van der Waals surface area contributed by atoms with Crippen LogP contribution in [0.2, 0.25) is 0 Å². The highest BCUT2D eigenvalue weighted by atomic mass is 19.1. The lowest BCUT2D eigenvalue weighted by molar-refractivity contribution is -0.131. The Kier molecular flexibility index (Phi) is 7.72. The molecule has 194 valence electrons. The van der Waals surface area contributed by atoms with Crippen LogP contribution in [0.5, 0.6) is 0 Å². The number of pyridine rings is 1. The van der Waals surface area contributed by atoms with E-state index < -0.39 is 0 Å². The van der Waals surface area contributed by atoms with E-state index >= 15 is 0 Å². The zero-order valence-electron chi connectivity index (χ0n) is 20.6. The van der Waals surface area contributed by atoms with Gasteiger partial charge in [-0.3, -0.25) is 14.1 Å². The fourth-order valence-electron chi connectivity index (χ4n) is 4.72. The smallest absolute Gasteiger partial charge is 0.236 e. The Hall–Kier alpha value is -3.82. The number of nitrogens with zero attached hydrogens (tertiary/aromatic N) is 7. The summed E-state index contributed by atoms with van der Waals surface area (Å²) in [5.74, 6) is 1.11. The molecule has 0 aliphatic carbocycles. The number of fused-ring (bicyclic) bond motifs is 1. The first kappa shape index (κ1) is 24.9. The number of hydrogen-bond donors (Lipinski definition) is 2. The maximum Gasteiger partial charge on any atom is 0.236 e. The minimum absolute atomic E-state index is 0.0139. The summed E-state index contributed by atoms with van der Waals surface area (Å²) in [6, 6.07) is 6.75. The van der Waals surface area contributed by atoms with Crippen molar-refractivity contribution in [2.24, 2.45) is 0 Å². The summed E-state index contributed by atoms with van der Waals surface area (Å²) in [4.78, 5) is 30.1. The minimum atomic E-state index is -0.380. The van der Waals surface area contributed by atoms with E-state index in [0.29, 0.717) is 48.4 Å². The molecule has 12 heteroatoms. The first-order valence-electron chi connectivity index (χ1n) is 12.6. The molecule has 2 saturated heterocycles. The summed E-state index contributed by atoms with van der Waals surface area (Å²) >= 11 is 0. The number of anilines is 2. The standard InChI is InChI=1S/C25H30FN9O2/c26-18-3-4-23-29-15-20(35(23)16-18)25-31-21(28-7-9-33-10-12-37-13-11-33)14-22(32-25)30-19-2-1-8-34(17-19)24(36)5-6-27/h3-4,14-16,19H,1-2,5,7-13,17H2,(H2,28,30,31,32). The Labute approximate surface area is 214 Å². The zero-order valence-corrected chi connectivity index (χ0v) is 20.6. The predicted octanol–water partition coefficient (Wildman–Crippen LogP) is 1.99. The number of nitriles is 1. The lowest BCUT2D eigenvalue weighted by Gasteiger charge is -2.33. The Bertz CT molecular complexity index is 1280. The van der Waals surface area contributed by atoms with Gasteiger partial charge in [-0.05, 0) is 25.0 Å². The van der Waals surface area contributed by atoms with Gasteiger partial charge in [0.1, 0.15) is 35.2 Å². The predicted molar refractivity (Wildman–Crippen MR) is 135 cm³/mol. The number of halogens is 1. The summed E-state index contributed by atoms with van der Waals surface area (Å²) in [5, 5.41) is 15.7. The number of hydrogen-bond acceptors (Lipinski definition) is 9. The second kappa shape index (κ2) is 11.5. The molecule has 0 spiro atoms. The molecule has 11 nitrogen and oxygen atoms in total. The monoisotopic (exact) mass is 507 g/mol. The lowest BCUT2D eigenvalue weighted by Crippen LogP contribution is -2.45. The quantitative estimate of drug-likeness (QED) is 0.471. The number of ether oxygens (including phenoxy) is 1. The van der Waals surface area contributed by atoms with Gasteiger partial charge in [0, 0.05) is 57.6 Å². The van der Waals surface area contributed by atoms with Crippen LogP contribution in [0.4, 0.5) is 16.0 Å². The molecular weight excluding hydrogens is 477 g/mol. The van der Waals surface area contributed by atoms with Crippen LogP contribution in [-0.4, -0.2) is 93.6 Å². The van der Waals surface area contributed by atoms with Crippen molar-refractivity contribution < 1.29 is 13.9 Å². The largest absolute Gasteiger partial charge is 0.379 e. The Balaban J connectivity index is 1.38. The summed E-state index contributed by atoms with van der Waals surface area (Å²) in [6.07, 6.45) is 4.59.